The van der Waals surface area contributed by atoms with Gasteiger partial charge in [-0.3, -0.25) is 0 Å². The highest BCUT2D eigenvalue weighted by Gasteiger charge is 1.74. The number of thiocarbonyl (C=S) groups is 1. The van der Waals surface area contributed by atoms with Gasteiger partial charge in [-0.2, -0.15) is 0 Å². The smallest absolute Gasteiger partial charge is 0.156 e. The third kappa shape index (κ3) is 9.14. The minimum Gasteiger partial charge on any atom is -0.502 e. The van der Waals surface area contributed by atoms with E-state index in [9.17, 15) is 0 Å². The van der Waals surface area contributed by atoms with Crippen molar-refractivity contribution in [2.45, 2.75) is 13.3 Å². The summed E-state index contributed by atoms with van der Waals surface area (Å²) < 4.78 is 0. The Morgan fingerprint density at radius 3 is 2.00 bits per heavy atom. The van der Waals surface area contributed by atoms with Crippen LogP contribution >= 0.6 is 12.2 Å². The quantitative estimate of drug-likeness (QED) is 0.498. The molecule has 0 fully saturated rings. The Morgan fingerprint density at radius 1 is 1.83 bits per heavy atom. The van der Waals surface area contributed by atoms with Crippen LogP contribution in [0.5, 0.6) is 0 Å². The summed E-state index contributed by atoms with van der Waals surface area (Å²) in [5.74, 6) is 0. The Hall–Kier alpha value is -0.150. The fourth-order valence-corrected chi connectivity index (χ4v) is 0. The first-order chi connectivity index (χ1) is 2.27. The maximum absolute atomic E-state index is 8.09. The Labute approximate surface area is 42.8 Å². The molecule has 0 spiro atoms. The van der Waals surface area contributed by atoms with Gasteiger partial charge < -0.3 is 11.3 Å². The van der Waals surface area contributed by atoms with Crippen LogP contribution < -0.4 is 6.15 Å². The van der Waals surface area contributed by atoms with Crippen molar-refractivity contribution in [1.29, 1.82) is 0 Å². The second-order valence-electron chi connectivity index (χ2n) is 0.747. The molecule has 0 radical (unpaired) electrons. The summed E-state index contributed by atoms with van der Waals surface area (Å²) in [4.78, 5) is 0. The number of aliphatic hydroxyl groups is 1. The lowest BCUT2D eigenvalue weighted by atomic mass is 10.5. The molecular weight excluding hydrogens is 98.1 g/mol. The standard InChI is InChI=1S/C3H6OS.H3N/c1-2-3(4)5;/h2H2,1H3,(H,4,5);1H3. The van der Waals surface area contributed by atoms with Crippen molar-refractivity contribution in [3.63, 3.8) is 0 Å². The number of hydrogen-bond acceptors (Lipinski definition) is 2. The van der Waals surface area contributed by atoms with Gasteiger partial charge in [-0.1, -0.05) is 6.92 Å². The summed E-state index contributed by atoms with van der Waals surface area (Å²) in [5, 5.41) is 8.18. The molecule has 0 bridgehead atoms. The third-order valence-corrected chi connectivity index (χ3v) is 0.591. The normalized spacial score (nSPS) is 6.17. The van der Waals surface area contributed by atoms with Crippen LogP contribution in [0.1, 0.15) is 13.3 Å². The van der Waals surface area contributed by atoms with Crippen molar-refractivity contribution in [3.05, 3.63) is 0 Å². The molecule has 0 rings (SSSR count). The van der Waals surface area contributed by atoms with Gasteiger partial charge in [0, 0.05) is 6.42 Å². The molecule has 38 valence electrons. The minimum absolute atomic E-state index is 0. The van der Waals surface area contributed by atoms with Gasteiger partial charge in [0.25, 0.3) is 0 Å². The van der Waals surface area contributed by atoms with Crippen molar-refractivity contribution >= 4 is 17.3 Å². The van der Waals surface area contributed by atoms with Crippen LogP contribution in [0.3, 0.4) is 0 Å². The Bertz CT molecular complexity index is 46.1. The highest BCUT2D eigenvalue weighted by atomic mass is 32.1. The highest BCUT2D eigenvalue weighted by Crippen LogP contribution is 1.73. The summed E-state index contributed by atoms with van der Waals surface area (Å²) in [7, 11) is 0. The topological polar surface area (TPSA) is 55.2 Å². The lowest BCUT2D eigenvalue weighted by Gasteiger charge is -1.76. The second kappa shape index (κ2) is 4.85. The maximum atomic E-state index is 8.09. The molecule has 0 aromatic carbocycles. The van der Waals surface area contributed by atoms with E-state index in [4.69, 9.17) is 5.11 Å². The zero-order valence-corrected chi connectivity index (χ0v) is 4.59. The average molecular weight is 107 g/mol. The molecule has 3 heteroatoms. The molecule has 0 heterocycles. The van der Waals surface area contributed by atoms with Gasteiger partial charge in [0.2, 0.25) is 0 Å². The van der Waals surface area contributed by atoms with Crippen molar-refractivity contribution in [3.8, 4) is 0 Å². The molecule has 0 amide bonds. The van der Waals surface area contributed by atoms with Crippen molar-refractivity contribution < 1.29 is 5.11 Å². The molecule has 0 unspecified atom stereocenters. The van der Waals surface area contributed by atoms with Crippen LogP contribution in [-0.2, 0) is 0 Å². The molecule has 0 aliphatic carbocycles. The predicted molar refractivity (Wildman–Crippen MR) is 30.5 cm³/mol. The summed E-state index contributed by atoms with van der Waals surface area (Å²) in [5.41, 5.74) is 0. The van der Waals surface area contributed by atoms with E-state index in [1.54, 1.807) is 0 Å². The van der Waals surface area contributed by atoms with E-state index < -0.39 is 0 Å². The monoisotopic (exact) mass is 107 g/mol. The maximum Gasteiger partial charge on any atom is 0.156 e. The van der Waals surface area contributed by atoms with E-state index >= 15 is 0 Å². The molecule has 0 atom stereocenters. The van der Waals surface area contributed by atoms with E-state index in [-0.39, 0.29) is 11.2 Å². The summed E-state index contributed by atoms with van der Waals surface area (Å²) >= 11 is 4.25. The Morgan fingerprint density at radius 2 is 2.00 bits per heavy atom. The first-order valence-corrected chi connectivity index (χ1v) is 1.90. The van der Waals surface area contributed by atoms with Crippen LogP contribution in [0, 0.1) is 0 Å². The highest BCUT2D eigenvalue weighted by molar-refractivity contribution is 7.80. The first kappa shape index (κ1) is 9.28. The zero-order chi connectivity index (χ0) is 4.28. The van der Waals surface area contributed by atoms with Gasteiger partial charge in [0.1, 0.15) is 0 Å². The van der Waals surface area contributed by atoms with E-state index in [0.717, 1.165) is 0 Å². The van der Waals surface area contributed by atoms with Gasteiger partial charge in [0.15, 0.2) is 5.05 Å². The zero-order valence-electron chi connectivity index (χ0n) is 3.77. The Kier molecular flexibility index (Phi) is 7.50. The summed E-state index contributed by atoms with van der Waals surface area (Å²) in [6.07, 6.45) is 0.593. The van der Waals surface area contributed by atoms with Crippen LogP contribution in [0.25, 0.3) is 0 Å². The molecule has 0 saturated carbocycles. The molecule has 0 aromatic heterocycles. The van der Waals surface area contributed by atoms with Crippen LogP contribution in [0.15, 0.2) is 0 Å². The van der Waals surface area contributed by atoms with Crippen molar-refractivity contribution in [2.24, 2.45) is 0 Å². The van der Waals surface area contributed by atoms with Gasteiger partial charge in [-0.15, -0.1) is 0 Å². The molecule has 2 nitrogen and oxygen atoms in total. The molecule has 0 aliphatic heterocycles. The molecule has 0 saturated heterocycles. The van der Waals surface area contributed by atoms with Gasteiger partial charge >= 0.3 is 0 Å². The SMILES string of the molecule is CCC(O)=S.N. The van der Waals surface area contributed by atoms with Crippen LogP contribution in [0.4, 0.5) is 0 Å². The van der Waals surface area contributed by atoms with E-state index in [0.29, 0.717) is 6.42 Å². The summed E-state index contributed by atoms with van der Waals surface area (Å²) in [6.45, 7) is 1.81. The van der Waals surface area contributed by atoms with Crippen LogP contribution in [-0.4, -0.2) is 10.2 Å². The lowest BCUT2D eigenvalue weighted by molar-refractivity contribution is 0.553. The average Bonchev–Trinajstić information content (AvgIpc) is 1.38. The minimum atomic E-state index is 0. The number of aliphatic hydroxyl groups excluding tert-OH is 1. The molecule has 4 N–H and O–H groups in total. The van der Waals surface area contributed by atoms with Gasteiger partial charge in [-0.05, 0) is 12.2 Å². The molecular formula is C3H9NOS. The fourth-order valence-electron chi connectivity index (χ4n) is 0. The predicted octanol–water partition coefficient (Wildman–Crippen LogP) is 1.44. The summed E-state index contributed by atoms with van der Waals surface area (Å²) in [6, 6.07) is 0. The first-order valence-electron chi connectivity index (χ1n) is 1.49. The van der Waals surface area contributed by atoms with E-state index in [1.807, 2.05) is 6.92 Å². The van der Waals surface area contributed by atoms with Gasteiger partial charge in [0.05, 0.1) is 0 Å². The van der Waals surface area contributed by atoms with Crippen molar-refractivity contribution in [1.82, 2.24) is 6.15 Å². The molecule has 0 aromatic rings. The second-order valence-corrected chi connectivity index (χ2v) is 1.22. The Balaban J connectivity index is 0. The van der Waals surface area contributed by atoms with Gasteiger partial charge in [-0.25, -0.2) is 0 Å². The lowest BCUT2D eigenvalue weighted by Crippen LogP contribution is -1.82. The van der Waals surface area contributed by atoms with E-state index in [1.165, 1.54) is 0 Å². The van der Waals surface area contributed by atoms with E-state index in [2.05, 4.69) is 12.2 Å². The van der Waals surface area contributed by atoms with Crippen molar-refractivity contribution in [2.75, 3.05) is 0 Å². The molecule has 6 heavy (non-hydrogen) atoms. The number of rotatable bonds is 1. The molecule has 0 aliphatic rings. The fraction of sp³-hybridized carbons (Fsp3) is 0.667. The third-order valence-electron chi connectivity index (χ3n) is 0.302. The largest absolute Gasteiger partial charge is 0.502 e. The number of hydrogen-bond donors (Lipinski definition) is 2. The van der Waals surface area contributed by atoms with Crippen LogP contribution in [0.2, 0.25) is 0 Å².